The lowest BCUT2D eigenvalue weighted by Crippen LogP contribution is -2.17. The lowest BCUT2D eigenvalue weighted by atomic mass is 10.3. The molecular formula is C10H14F3NO. The second kappa shape index (κ2) is 5.21. The first-order chi connectivity index (χ1) is 6.97. The van der Waals surface area contributed by atoms with Crippen LogP contribution in [-0.2, 0) is 6.54 Å². The number of hydrogen-bond donors (Lipinski definition) is 1. The highest BCUT2D eigenvalue weighted by Gasteiger charge is 2.25. The van der Waals surface area contributed by atoms with E-state index in [1.807, 2.05) is 19.1 Å². The van der Waals surface area contributed by atoms with Gasteiger partial charge in [-0.05, 0) is 32.0 Å². The minimum atomic E-state index is -4.05. The van der Waals surface area contributed by atoms with Crippen molar-refractivity contribution in [3.63, 3.8) is 0 Å². The van der Waals surface area contributed by atoms with E-state index in [9.17, 15) is 13.2 Å². The summed E-state index contributed by atoms with van der Waals surface area (Å²) >= 11 is 0. The van der Waals surface area contributed by atoms with Crippen molar-refractivity contribution in [2.24, 2.45) is 0 Å². The fourth-order valence-corrected chi connectivity index (χ4v) is 1.21. The summed E-state index contributed by atoms with van der Waals surface area (Å²) in [5, 5.41) is 2.89. The predicted octanol–water partition coefficient (Wildman–Crippen LogP) is 3.02. The van der Waals surface area contributed by atoms with Crippen molar-refractivity contribution < 1.29 is 17.6 Å². The van der Waals surface area contributed by atoms with Crippen molar-refractivity contribution >= 4 is 0 Å². The van der Waals surface area contributed by atoms with Crippen molar-refractivity contribution in [2.75, 3.05) is 6.54 Å². The van der Waals surface area contributed by atoms with Gasteiger partial charge < -0.3 is 9.73 Å². The number of rotatable bonds is 5. The Morgan fingerprint density at radius 2 is 2.07 bits per heavy atom. The fraction of sp³-hybridized carbons (Fsp3) is 0.600. The smallest absolute Gasteiger partial charge is 0.389 e. The molecule has 0 aromatic carbocycles. The van der Waals surface area contributed by atoms with Gasteiger partial charge in [0.1, 0.15) is 11.5 Å². The maximum absolute atomic E-state index is 11.8. The summed E-state index contributed by atoms with van der Waals surface area (Å²) in [6.07, 6.45) is -4.69. The summed E-state index contributed by atoms with van der Waals surface area (Å²) in [6, 6.07) is 3.64. The molecule has 0 atom stereocenters. The quantitative estimate of drug-likeness (QED) is 0.773. The molecule has 0 bridgehead atoms. The van der Waals surface area contributed by atoms with Crippen molar-refractivity contribution in [2.45, 2.75) is 32.5 Å². The van der Waals surface area contributed by atoms with E-state index in [2.05, 4.69) is 5.32 Å². The van der Waals surface area contributed by atoms with Crippen LogP contribution in [0.4, 0.5) is 13.2 Å². The van der Waals surface area contributed by atoms with E-state index in [0.29, 0.717) is 13.1 Å². The number of aryl methyl sites for hydroxylation is 1. The molecule has 1 heterocycles. The molecule has 0 aliphatic carbocycles. The summed E-state index contributed by atoms with van der Waals surface area (Å²) in [6.45, 7) is 2.65. The zero-order valence-electron chi connectivity index (χ0n) is 8.53. The highest BCUT2D eigenvalue weighted by Crippen LogP contribution is 2.20. The van der Waals surface area contributed by atoms with Crippen molar-refractivity contribution in [3.05, 3.63) is 23.7 Å². The third-order valence-corrected chi connectivity index (χ3v) is 1.91. The van der Waals surface area contributed by atoms with Gasteiger partial charge >= 0.3 is 6.18 Å². The minimum Gasteiger partial charge on any atom is -0.465 e. The molecule has 1 aromatic rings. The second-order valence-electron chi connectivity index (χ2n) is 3.41. The van der Waals surface area contributed by atoms with Gasteiger partial charge in [0.05, 0.1) is 6.54 Å². The largest absolute Gasteiger partial charge is 0.465 e. The van der Waals surface area contributed by atoms with Crippen LogP contribution in [0.2, 0.25) is 0 Å². The average Bonchev–Trinajstić information content (AvgIpc) is 2.49. The standard InChI is InChI=1S/C10H14F3NO/c1-8-3-4-9(15-8)7-14-6-2-5-10(11,12)13/h3-4,14H,2,5-7H2,1H3. The Labute approximate surface area is 86.5 Å². The average molecular weight is 221 g/mol. The van der Waals surface area contributed by atoms with Crippen LogP contribution in [0.25, 0.3) is 0 Å². The van der Waals surface area contributed by atoms with Gasteiger partial charge in [-0.1, -0.05) is 0 Å². The van der Waals surface area contributed by atoms with Crippen LogP contribution in [0.5, 0.6) is 0 Å². The summed E-state index contributed by atoms with van der Waals surface area (Å²) in [7, 11) is 0. The first-order valence-corrected chi connectivity index (χ1v) is 4.80. The van der Waals surface area contributed by atoms with Gasteiger partial charge in [0.2, 0.25) is 0 Å². The molecule has 0 spiro atoms. The molecule has 0 amide bonds. The first kappa shape index (κ1) is 12.1. The van der Waals surface area contributed by atoms with Gasteiger partial charge in [0.15, 0.2) is 0 Å². The van der Waals surface area contributed by atoms with E-state index in [0.717, 1.165) is 11.5 Å². The van der Waals surface area contributed by atoms with Crippen molar-refractivity contribution in [1.82, 2.24) is 5.32 Å². The molecule has 1 aromatic heterocycles. The third-order valence-electron chi connectivity index (χ3n) is 1.91. The molecule has 0 unspecified atom stereocenters. The molecule has 1 rings (SSSR count). The highest BCUT2D eigenvalue weighted by molar-refractivity contribution is 5.04. The summed E-state index contributed by atoms with van der Waals surface area (Å²) < 4.78 is 40.5. The normalized spacial score (nSPS) is 12.0. The Morgan fingerprint density at radius 3 is 2.60 bits per heavy atom. The van der Waals surface area contributed by atoms with Crippen LogP contribution in [0.3, 0.4) is 0 Å². The zero-order valence-corrected chi connectivity index (χ0v) is 8.53. The van der Waals surface area contributed by atoms with Crippen LogP contribution in [0.15, 0.2) is 16.5 Å². The molecule has 0 saturated heterocycles. The van der Waals surface area contributed by atoms with Gasteiger partial charge in [0.25, 0.3) is 0 Å². The summed E-state index contributed by atoms with van der Waals surface area (Å²) in [5.74, 6) is 1.56. The highest BCUT2D eigenvalue weighted by atomic mass is 19.4. The Kier molecular flexibility index (Phi) is 4.20. The number of nitrogens with one attached hydrogen (secondary N) is 1. The van der Waals surface area contributed by atoms with Gasteiger partial charge in [0, 0.05) is 6.42 Å². The molecule has 0 saturated carbocycles. The molecule has 2 nitrogen and oxygen atoms in total. The molecular weight excluding hydrogens is 207 g/mol. The van der Waals surface area contributed by atoms with Crippen molar-refractivity contribution in [3.8, 4) is 0 Å². The Morgan fingerprint density at radius 1 is 1.33 bits per heavy atom. The maximum Gasteiger partial charge on any atom is 0.389 e. The van der Waals surface area contributed by atoms with Crippen LogP contribution in [0, 0.1) is 6.92 Å². The first-order valence-electron chi connectivity index (χ1n) is 4.80. The number of halogens is 3. The molecule has 86 valence electrons. The fourth-order valence-electron chi connectivity index (χ4n) is 1.21. The monoisotopic (exact) mass is 221 g/mol. The van der Waals surface area contributed by atoms with Crippen LogP contribution >= 0.6 is 0 Å². The van der Waals surface area contributed by atoms with E-state index in [1.165, 1.54) is 0 Å². The van der Waals surface area contributed by atoms with E-state index < -0.39 is 12.6 Å². The van der Waals surface area contributed by atoms with E-state index in [-0.39, 0.29) is 6.42 Å². The lowest BCUT2D eigenvalue weighted by molar-refractivity contribution is -0.135. The number of hydrogen-bond acceptors (Lipinski definition) is 2. The topological polar surface area (TPSA) is 25.2 Å². The van der Waals surface area contributed by atoms with Crippen molar-refractivity contribution in [1.29, 1.82) is 0 Å². The molecule has 1 N–H and O–H groups in total. The van der Waals surface area contributed by atoms with Crippen LogP contribution in [0.1, 0.15) is 24.4 Å². The van der Waals surface area contributed by atoms with Gasteiger partial charge in [-0.15, -0.1) is 0 Å². The lowest BCUT2D eigenvalue weighted by Gasteiger charge is -2.06. The summed E-state index contributed by atoms with van der Waals surface area (Å²) in [4.78, 5) is 0. The molecule has 0 fully saturated rings. The van der Waals surface area contributed by atoms with E-state index in [4.69, 9.17) is 4.42 Å². The number of furan rings is 1. The Bertz CT molecular complexity index is 293. The van der Waals surface area contributed by atoms with Crippen LogP contribution < -0.4 is 5.32 Å². The summed E-state index contributed by atoms with van der Waals surface area (Å²) in [5.41, 5.74) is 0. The van der Waals surface area contributed by atoms with Gasteiger partial charge in [-0.25, -0.2) is 0 Å². The maximum atomic E-state index is 11.8. The third kappa shape index (κ3) is 5.47. The Balaban J connectivity index is 2.07. The van der Waals surface area contributed by atoms with Gasteiger partial charge in [-0.2, -0.15) is 13.2 Å². The Hall–Kier alpha value is -0.970. The second-order valence-corrected chi connectivity index (χ2v) is 3.41. The van der Waals surface area contributed by atoms with E-state index >= 15 is 0 Å². The predicted molar refractivity (Wildman–Crippen MR) is 50.4 cm³/mol. The molecule has 0 aliphatic heterocycles. The van der Waals surface area contributed by atoms with Crippen LogP contribution in [-0.4, -0.2) is 12.7 Å². The minimum absolute atomic E-state index is 0.100. The molecule has 5 heteroatoms. The molecule has 0 aliphatic rings. The van der Waals surface area contributed by atoms with Gasteiger partial charge in [-0.3, -0.25) is 0 Å². The SMILES string of the molecule is Cc1ccc(CNCCCC(F)(F)F)o1. The number of alkyl halides is 3. The zero-order chi connectivity index (χ0) is 11.3. The molecule has 15 heavy (non-hydrogen) atoms. The molecule has 0 radical (unpaired) electrons. The van der Waals surface area contributed by atoms with E-state index in [1.54, 1.807) is 0 Å².